The maximum Gasteiger partial charge on any atom is 0.337 e. The molecule has 0 spiro atoms. The average Bonchev–Trinajstić information content (AvgIpc) is 2.25. The fourth-order valence-corrected chi connectivity index (χ4v) is 2.67. The second-order valence-corrected chi connectivity index (χ2v) is 7.76. The van der Waals surface area contributed by atoms with Gasteiger partial charge >= 0.3 is 5.97 Å². The van der Waals surface area contributed by atoms with Gasteiger partial charge in [0, 0.05) is 12.5 Å². The predicted molar refractivity (Wildman–Crippen MR) is 64.0 cm³/mol. The molecule has 0 heterocycles. The number of rotatable bonds is 3. The molecule has 1 rings (SSSR count). The van der Waals surface area contributed by atoms with E-state index < -0.39 is 25.6 Å². The van der Waals surface area contributed by atoms with Crippen LogP contribution < -0.4 is 0 Å². The molecule has 0 aliphatic rings. The van der Waals surface area contributed by atoms with Crippen molar-refractivity contribution in [2.45, 2.75) is 9.79 Å². The number of carbonyl (C=O) groups is 1. The van der Waals surface area contributed by atoms with Crippen LogP contribution in [0.3, 0.4) is 0 Å². The molecular formula is C10H12O6S2. The van der Waals surface area contributed by atoms with Gasteiger partial charge in [-0.3, -0.25) is 0 Å². The Labute approximate surface area is 105 Å². The van der Waals surface area contributed by atoms with Crippen molar-refractivity contribution < 1.29 is 26.4 Å². The Morgan fingerprint density at radius 2 is 1.33 bits per heavy atom. The monoisotopic (exact) mass is 292 g/mol. The van der Waals surface area contributed by atoms with E-state index in [4.69, 9.17) is 0 Å². The molecule has 0 aromatic heterocycles. The molecule has 100 valence electrons. The number of esters is 1. The van der Waals surface area contributed by atoms with Gasteiger partial charge in [0.2, 0.25) is 0 Å². The highest BCUT2D eigenvalue weighted by molar-refractivity contribution is 7.91. The summed E-state index contributed by atoms with van der Waals surface area (Å²) < 4.78 is 50.2. The molecule has 6 nitrogen and oxygen atoms in total. The van der Waals surface area contributed by atoms with Crippen LogP contribution in [0.2, 0.25) is 0 Å². The quantitative estimate of drug-likeness (QED) is 0.743. The standard InChI is InChI=1S/C10H12O6S2/c1-16-10(11)7-4-8(17(2,12)13)6-9(5-7)18(3,14)15/h4-6H,1-3H3. The van der Waals surface area contributed by atoms with Crippen molar-refractivity contribution >= 4 is 25.6 Å². The summed E-state index contributed by atoms with van der Waals surface area (Å²) in [6.07, 6.45) is 1.85. The lowest BCUT2D eigenvalue weighted by Crippen LogP contribution is -2.08. The summed E-state index contributed by atoms with van der Waals surface area (Å²) in [5.74, 6) is -0.801. The van der Waals surface area contributed by atoms with Gasteiger partial charge in [-0.25, -0.2) is 21.6 Å². The minimum Gasteiger partial charge on any atom is -0.465 e. The minimum atomic E-state index is -3.62. The van der Waals surface area contributed by atoms with Crippen LogP contribution in [-0.4, -0.2) is 42.4 Å². The molecule has 1 aromatic rings. The van der Waals surface area contributed by atoms with Gasteiger partial charge in [0.1, 0.15) is 0 Å². The zero-order valence-electron chi connectivity index (χ0n) is 10.00. The molecule has 0 amide bonds. The zero-order valence-corrected chi connectivity index (χ0v) is 11.6. The van der Waals surface area contributed by atoms with Gasteiger partial charge in [-0.05, 0) is 18.2 Å². The molecule has 18 heavy (non-hydrogen) atoms. The molecule has 0 unspecified atom stereocenters. The van der Waals surface area contributed by atoms with E-state index >= 15 is 0 Å². The molecule has 0 saturated heterocycles. The van der Waals surface area contributed by atoms with Crippen molar-refractivity contribution in [2.75, 3.05) is 19.6 Å². The van der Waals surface area contributed by atoms with Crippen molar-refractivity contribution in [3.8, 4) is 0 Å². The first-order chi connectivity index (χ1) is 8.05. The highest BCUT2D eigenvalue weighted by atomic mass is 32.2. The van der Waals surface area contributed by atoms with Gasteiger partial charge in [0.05, 0.1) is 22.5 Å². The van der Waals surface area contributed by atoms with Crippen LogP contribution in [0.15, 0.2) is 28.0 Å². The molecule has 0 radical (unpaired) electrons. The molecule has 0 fully saturated rings. The first-order valence-corrected chi connectivity index (χ1v) is 8.47. The maximum atomic E-state index is 11.4. The first kappa shape index (κ1) is 14.7. The highest BCUT2D eigenvalue weighted by Gasteiger charge is 2.18. The summed E-state index contributed by atoms with van der Waals surface area (Å²) in [6, 6.07) is 3.17. The molecular weight excluding hydrogens is 280 g/mol. The number of hydrogen-bond acceptors (Lipinski definition) is 6. The van der Waals surface area contributed by atoms with Crippen LogP contribution in [0.1, 0.15) is 10.4 Å². The minimum absolute atomic E-state index is 0.124. The molecule has 1 aromatic carbocycles. The molecule has 0 N–H and O–H groups in total. The molecule has 0 saturated carbocycles. The lowest BCUT2D eigenvalue weighted by Gasteiger charge is -2.06. The Morgan fingerprint density at radius 3 is 1.61 bits per heavy atom. The largest absolute Gasteiger partial charge is 0.465 e. The zero-order chi connectivity index (χ0) is 14.1. The molecule has 0 aliphatic heterocycles. The number of carbonyl (C=O) groups excluding carboxylic acids is 1. The van der Waals surface area contributed by atoms with Crippen LogP contribution in [0.25, 0.3) is 0 Å². The van der Waals surface area contributed by atoms with Crippen molar-refractivity contribution in [1.82, 2.24) is 0 Å². The molecule has 0 atom stereocenters. The van der Waals surface area contributed by atoms with Crippen molar-refractivity contribution in [1.29, 1.82) is 0 Å². The fourth-order valence-electron chi connectivity index (χ4n) is 1.24. The summed E-state index contributed by atoms with van der Waals surface area (Å²) >= 11 is 0. The number of ether oxygens (including phenoxy) is 1. The Kier molecular flexibility index (Phi) is 3.82. The van der Waals surface area contributed by atoms with E-state index in [-0.39, 0.29) is 15.4 Å². The number of sulfone groups is 2. The second-order valence-electron chi connectivity index (χ2n) is 3.73. The third-order valence-electron chi connectivity index (χ3n) is 2.16. The van der Waals surface area contributed by atoms with Crippen LogP contribution >= 0.6 is 0 Å². The SMILES string of the molecule is COC(=O)c1cc(S(C)(=O)=O)cc(S(C)(=O)=O)c1. The van der Waals surface area contributed by atoms with Crippen LogP contribution in [0.5, 0.6) is 0 Å². The van der Waals surface area contributed by atoms with Gasteiger partial charge in [-0.1, -0.05) is 0 Å². The van der Waals surface area contributed by atoms with E-state index in [1.807, 2.05) is 0 Å². The summed E-state index contributed by atoms with van der Waals surface area (Å²) in [5, 5.41) is 0. The average molecular weight is 292 g/mol. The summed E-state index contributed by atoms with van der Waals surface area (Å²) in [4.78, 5) is 10.9. The first-order valence-electron chi connectivity index (χ1n) is 4.69. The van der Waals surface area contributed by atoms with E-state index in [9.17, 15) is 21.6 Å². The fraction of sp³-hybridized carbons (Fsp3) is 0.300. The van der Waals surface area contributed by atoms with Gasteiger partial charge in [0.25, 0.3) is 0 Å². The van der Waals surface area contributed by atoms with E-state index in [2.05, 4.69) is 4.74 Å². The molecule has 0 aliphatic carbocycles. The van der Waals surface area contributed by atoms with Gasteiger partial charge < -0.3 is 4.74 Å². The molecule has 8 heteroatoms. The Hall–Kier alpha value is -1.41. The van der Waals surface area contributed by atoms with E-state index in [1.54, 1.807) is 0 Å². The lowest BCUT2D eigenvalue weighted by molar-refractivity contribution is 0.0600. The van der Waals surface area contributed by atoms with E-state index in [0.717, 1.165) is 37.8 Å². The topological polar surface area (TPSA) is 94.6 Å². The summed E-state index contributed by atoms with van der Waals surface area (Å²) in [6.45, 7) is 0. The molecule has 0 bridgehead atoms. The third kappa shape index (κ3) is 3.30. The highest BCUT2D eigenvalue weighted by Crippen LogP contribution is 2.19. The van der Waals surface area contributed by atoms with Gasteiger partial charge in [-0.2, -0.15) is 0 Å². The summed E-state index contributed by atoms with van der Waals surface area (Å²) in [5.41, 5.74) is -0.124. The Bertz CT molecular complexity index is 635. The Morgan fingerprint density at radius 1 is 0.944 bits per heavy atom. The van der Waals surface area contributed by atoms with Crippen molar-refractivity contribution in [3.63, 3.8) is 0 Å². The third-order valence-corrected chi connectivity index (χ3v) is 4.34. The number of methoxy groups -OCH3 is 1. The van der Waals surface area contributed by atoms with Gasteiger partial charge in [0.15, 0.2) is 19.7 Å². The smallest absolute Gasteiger partial charge is 0.337 e. The van der Waals surface area contributed by atoms with E-state index in [1.165, 1.54) is 0 Å². The normalized spacial score (nSPS) is 12.2. The maximum absolute atomic E-state index is 11.4. The number of benzene rings is 1. The van der Waals surface area contributed by atoms with Crippen molar-refractivity contribution in [2.24, 2.45) is 0 Å². The lowest BCUT2D eigenvalue weighted by atomic mass is 10.2. The van der Waals surface area contributed by atoms with E-state index in [0.29, 0.717) is 0 Å². The number of hydrogen-bond donors (Lipinski definition) is 0. The van der Waals surface area contributed by atoms with Crippen LogP contribution in [0, 0.1) is 0 Å². The second kappa shape index (κ2) is 4.69. The van der Waals surface area contributed by atoms with Gasteiger partial charge in [-0.15, -0.1) is 0 Å². The van der Waals surface area contributed by atoms with Crippen LogP contribution in [0.4, 0.5) is 0 Å². The predicted octanol–water partition coefficient (Wildman–Crippen LogP) is 0.280. The Balaban J connectivity index is 3.64. The van der Waals surface area contributed by atoms with Crippen molar-refractivity contribution in [3.05, 3.63) is 23.8 Å². The van der Waals surface area contributed by atoms with Crippen LogP contribution in [-0.2, 0) is 24.4 Å². The summed E-state index contributed by atoms with van der Waals surface area (Å²) in [7, 11) is -6.12.